The minimum Gasteiger partial charge on any atom is -0.254 e. The molecule has 1 saturated heterocycles. The van der Waals surface area contributed by atoms with Crippen LogP contribution in [-0.4, -0.2) is 25.9 Å². The van der Waals surface area contributed by atoms with E-state index in [1.807, 2.05) is 28.8 Å². The summed E-state index contributed by atoms with van der Waals surface area (Å²) >= 11 is 7.49. The SMILES string of the molecule is CC(C)CC1CC(c2nnc3sc(-c4ccc(Cl)cc4)nn23)NN1. The standard InChI is InChI=1S/C16H19ClN6S/c1-9(2)7-12-8-13(19-18-12)14-20-21-16-23(14)22-15(24-16)10-3-5-11(17)6-4-10/h3-6,9,12-13,18-19H,7-8H2,1-2H3. The van der Waals surface area contributed by atoms with Crippen molar-refractivity contribution < 1.29 is 0 Å². The summed E-state index contributed by atoms with van der Waals surface area (Å²) in [5.74, 6) is 1.53. The Kier molecular flexibility index (Phi) is 4.26. The highest BCUT2D eigenvalue weighted by molar-refractivity contribution is 7.19. The number of nitrogens with zero attached hydrogens (tertiary/aromatic N) is 4. The fourth-order valence-electron chi connectivity index (χ4n) is 3.07. The average molecular weight is 363 g/mol. The van der Waals surface area contributed by atoms with E-state index in [1.54, 1.807) is 0 Å². The van der Waals surface area contributed by atoms with E-state index in [0.717, 1.165) is 39.2 Å². The predicted octanol–water partition coefficient (Wildman–Crippen LogP) is 3.46. The first kappa shape index (κ1) is 16.0. The molecular weight excluding hydrogens is 344 g/mol. The number of rotatable bonds is 4. The second kappa shape index (κ2) is 6.40. The summed E-state index contributed by atoms with van der Waals surface area (Å²) in [6.07, 6.45) is 2.13. The Bertz CT molecular complexity index is 840. The molecule has 8 heteroatoms. The third kappa shape index (κ3) is 3.04. The number of benzene rings is 1. The van der Waals surface area contributed by atoms with Crippen LogP contribution in [0.15, 0.2) is 24.3 Å². The van der Waals surface area contributed by atoms with Gasteiger partial charge >= 0.3 is 0 Å². The molecule has 6 nitrogen and oxygen atoms in total. The van der Waals surface area contributed by atoms with Gasteiger partial charge in [0.05, 0.1) is 6.04 Å². The molecule has 0 spiro atoms. The molecule has 1 aliphatic heterocycles. The van der Waals surface area contributed by atoms with E-state index < -0.39 is 0 Å². The van der Waals surface area contributed by atoms with Crippen LogP contribution in [0.1, 0.15) is 38.6 Å². The molecule has 0 radical (unpaired) electrons. The van der Waals surface area contributed by atoms with Gasteiger partial charge in [0.1, 0.15) is 5.01 Å². The summed E-state index contributed by atoms with van der Waals surface area (Å²) in [4.78, 5) is 0.809. The number of halogens is 1. The van der Waals surface area contributed by atoms with Gasteiger partial charge < -0.3 is 0 Å². The van der Waals surface area contributed by atoms with E-state index in [1.165, 1.54) is 11.3 Å². The predicted molar refractivity (Wildman–Crippen MR) is 96.0 cm³/mol. The Morgan fingerprint density at radius 3 is 2.79 bits per heavy atom. The van der Waals surface area contributed by atoms with E-state index in [0.29, 0.717) is 12.0 Å². The van der Waals surface area contributed by atoms with Crippen molar-refractivity contribution in [3.63, 3.8) is 0 Å². The number of hydrogen-bond donors (Lipinski definition) is 2. The highest BCUT2D eigenvalue weighted by Crippen LogP contribution is 2.29. The van der Waals surface area contributed by atoms with Gasteiger partial charge in [-0.1, -0.05) is 48.9 Å². The summed E-state index contributed by atoms with van der Waals surface area (Å²) in [6, 6.07) is 8.28. The molecule has 2 N–H and O–H groups in total. The maximum absolute atomic E-state index is 5.96. The lowest BCUT2D eigenvalue weighted by Crippen LogP contribution is -2.32. The molecule has 0 aliphatic carbocycles. The normalized spacial score (nSPS) is 21.2. The van der Waals surface area contributed by atoms with Crippen LogP contribution in [0, 0.1) is 5.92 Å². The molecule has 2 atom stereocenters. The second-order valence-corrected chi connectivity index (χ2v) is 7.96. The quantitative estimate of drug-likeness (QED) is 0.744. The van der Waals surface area contributed by atoms with Gasteiger partial charge in [0.15, 0.2) is 5.82 Å². The van der Waals surface area contributed by atoms with Crippen LogP contribution in [0.25, 0.3) is 15.5 Å². The minimum absolute atomic E-state index is 0.129. The summed E-state index contributed by atoms with van der Waals surface area (Å²) < 4.78 is 1.85. The molecule has 1 aliphatic rings. The summed E-state index contributed by atoms with van der Waals surface area (Å²) in [6.45, 7) is 4.48. The van der Waals surface area contributed by atoms with Gasteiger partial charge in [0.25, 0.3) is 0 Å². The number of nitrogens with one attached hydrogen (secondary N) is 2. The molecule has 2 aromatic heterocycles. The van der Waals surface area contributed by atoms with Crippen molar-refractivity contribution in [2.75, 3.05) is 0 Å². The molecule has 126 valence electrons. The molecule has 4 rings (SSSR count). The third-order valence-electron chi connectivity index (χ3n) is 4.16. The first-order valence-electron chi connectivity index (χ1n) is 8.09. The number of fused-ring (bicyclic) bond motifs is 1. The van der Waals surface area contributed by atoms with Crippen molar-refractivity contribution in [1.82, 2.24) is 30.7 Å². The molecule has 1 fully saturated rings. The van der Waals surface area contributed by atoms with E-state index in [9.17, 15) is 0 Å². The molecule has 0 saturated carbocycles. The first-order valence-corrected chi connectivity index (χ1v) is 9.28. The van der Waals surface area contributed by atoms with Gasteiger partial charge in [-0.25, -0.2) is 5.43 Å². The zero-order valence-electron chi connectivity index (χ0n) is 13.5. The van der Waals surface area contributed by atoms with Crippen molar-refractivity contribution in [1.29, 1.82) is 0 Å². The molecule has 24 heavy (non-hydrogen) atoms. The van der Waals surface area contributed by atoms with Crippen LogP contribution in [0.3, 0.4) is 0 Å². The molecule has 0 bridgehead atoms. The van der Waals surface area contributed by atoms with Crippen molar-refractivity contribution >= 4 is 27.9 Å². The lowest BCUT2D eigenvalue weighted by Gasteiger charge is -2.11. The average Bonchev–Trinajstić information content (AvgIpc) is 3.22. The van der Waals surface area contributed by atoms with Crippen molar-refractivity contribution in [3.8, 4) is 10.6 Å². The minimum atomic E-state index is 0.129. The van der Waals surface area contributed by atoms with E-state index in [-0.39, 0.29) is 6.04 Å². The Hall–Kier alpha value is -1.54. The fraction of sp³-hybridized carbons (Fsp3) is 0.438. The van der Waals surface area contributed by atoms with Gasteiger partial charge in [-0.05, 0) is 30.9 Å². The number of aromatic nitrogens is 4. The zero-order chi connectivity index (χ0) is 16.7. The third-order valence-corrected chi connectivity index (χ3v) is 5.36. The lowest BCUT2D eigenvalue weighted by molar-refractivity contribution is 0.446. The van der Waals surface area contributed by atoms with E-state index in [4.69, 9.17) is 16.7 Å². The van der Waals surface area contributed by atoms with Crippen molar-refractivity contribution in [2.45, 2.75) is 38.8 Å². The van der Waals surface area contributed by atoms with Gasteiger partial charge in [0.2, 0.25) is 4.96 Å². The maximum Gasteiger partial charge on any atom is 0.235 e. The first-order chi connectivity index (χ1) is 11.6. The van der Waals surface area contributed by atoms with Crippen molar-refractivity contribution in [3.05, 3.63) is 35.1 Å². The topological polar surface area (TPSA) is 67.1 Å². The molecular formula is C16H19ClN6S. The highest BCUT2D eigenvalue weighted by Gasteiger charge is 2.30. The molecule has 3 aromatic rings. The largest absolute Gasteiger partial charge is 0.254 e. The Morgan fingerprint density at radius 1 is 1.25 bits per heavy atom. The number of hydrazine groups is 1. The second-order valence-electron chi connectivity index (χ2n) is 6.57. The summed E-state index contributed by atoms with van der Waals surface area (Å²) in [5.41, 5.74) is 7.74. The Morgan fingerprint density at radius 2 is 2.04 bits per heavy atom. The van der Waals surface area contributed by atoms with Crippen LogP contribution in [0.4, 0.5) is 0 Å². The smallest absolute Gasteiger partial charge is 0.235 e. The van der Waals surface area contributed by atoms with Crippen LogP contribution in [-0.2, 0) is 0 Å². The highest BCUT2D eigenvalue weighted by atomic mass is 35.5. The van der Waals surface area contributed by atoms with Crippen LogP contribution < -0.4 is 10.9 Å². The summed E-state index contributed by atoms with van der Waals surface area (Å²) in [5, 5.41) is 15.0. The fourth-order valence-corrected chi connectivity index (χ4v) is 4.05. The van der Waals surface area contributed by atoms with Gasteiger partial charge in [-0.3, -0.25) is 5.43 Å². The summed E-state index contributed by atoms with van der Waals surface area (Å²) in [7, 11) is 0. The van der Waals surface area contributed by atoms with Crippen LogP contribution >= 0.6 is 22.9 Å². The van der Waals surface area contributed by atoms with Crippen LogP contribution in [0.2, 0.25) is 5.02 Å². The molecule has 0 amide bonds. The van der Waals surface area contributed by atoms with Gasteiger partial charge in [-0.15, -0.1) is 10.2 Å². The molecule has 3 heterocycles. The van der Waals surface area contributed by atoms with E-state index >= 15 is 0 Å². The maximum atomic E-state index is 5.96. The molecule has 1 aromatic carbocycles. The van der Waals surface area contributed by atoms with Crippen LogP contribution in [0.5, 0.6) is 0 Å². The molecule has 2 unspecified atom stereocenters. The Balaban J connectivity index is 1.60. The number of hydrogen-bond acceptors (Lipinski definition) is 6. The monoisotopic (exact) mass is 362 g/mol. The van der Waals surface area contributed by atoms with Crippen molar-refractivity contribution in [2.24, 2.45) is 5.92 Å². The lowest BCUT2D eigenvalue weighted by atomic mass is 10.00. The zero-order valence-corrected chi connectivity index (χ0v) is 15.1. The van der Waals surface area contributed by atoms with E-state index in [2.05, 4.69) is 34.9 Å². The Labute approximate surface area is 149 Å². The van der Waals surface area contributed by atoms with Gasteiger partial charge in [-0.2, -0.15) is 9.61 Å². The van der Waals surface area contributed by atoms with Gasteiger partial charge in [0, 0.05) is 16.6 Å².